The molecule has 31 heavy (non-hydrogen) atoms. The number of carbonyl (C=O) groups excluding carboxylic acids is 2. The van der Waals surface area contributed by atoms with Crippen molar-refractivity contribution in [3.05, 3.63) is 83.2 Å². The minimum atomic E-state index is -1.04. The van der Waals surface area contributed by atoms with Crippen LogP contribution in [0.3, 0.4) is 0 Å². The number of aromatic nitrogens is 2. The van der Waals surface area contributed by atoms with E-state index in [-0.39, 0.29) is 12.0 Å². The van der Waals surface area contributed by atoms with Gasteiger partial charge in [0.05, 0.1) is 17.7 Å². The average molecular weight is 420 g/mol. The first-order valence-electron chi connectivity index (χ1n) is 9.48. The molecule has 3 aromatic rings. The molecule has 1 aromatic heterocycles. The van der Waals surface area contributed by atoms with Crippen LogP contribution >= 0.6 is 0 Å². The third kappa shape index (κ3) is 3.55. The van der Waals surface area contributed by atoms with Gasteiger partial charge in [-0.3, -0.25) is 9.89 Å². The molecule has 6 nitrogen and oxygen atoms in total. The minimum Gasteiger partial charge on any atom is -0.316 e. The fourth-order valence-corrected chi connectivity index (χ4v) is 3.53. The molecule has 0 unspecified atom stereocenters. The molecule has 1 N–H and O–H groups in total. The SMILES string of the molecule is CN1C(=O)N(c2c(F)cc(C#Cc3ccccc3)cc2F)C(=O)C[C@@]1(C)c1ccn[nH]1. The number of urea groups is 1. The zero-order chi connectivity index (χ0) is 22.2. The van der Waals surface area contributed by atoms with E-state index in [1.54, 1.807) is 37.3 Å². The van der Waals surface area contributed by atoms with Crippen molar-refractivity contribution in [3.63, 3.8) is 0 Å². The number of H-pyrrole nitrogens is 1. The standard InChI is InChI=1S/C23H18F2N4O2/c1-23(19-10-11-26-27-19)14-20(30)29(22(31)28(23)2)21-17(24)12-16(13-18(21)25)9-8-15-6-4-3-5-7-15/h3-7,10-13H,14H2,1-2H3,(H,26,27)/t23-/m0/s1. The minimum absolute atomic E-state index is 0.0927. The molecule has 4 rings (SSSR count). The zero-order valence-corrected chi connectivity index (χ0v) is 16.8. The van der Waals surface area contributed by atoms with E-state index in [2.05, 4.69) is 22.0 Å². The number of benzene rings is 2. The van der Waals surface area contributed by atoms with Crippen molar-refractivity contribution in [2.24, 2.45) is 0 Å². The molecular formula is C23H18F2N4O2. The van der Waals surface area contributed by atoms with E-state index in [1.165, 1.54) is 18.1 Å². The van der Waals surface area contributed by atoms with Gasteiger partial charge in [-0.1, -0.05) is 30.0 Å². The number of anilines is 1. The van der Waals surface area contributed by atoms with Gasteiger partial charge in [0.2, 0.25) is 5.91 Å². The molecular weight excluding hydrogens is 402 g/mol. The van der Waals surface area contributed by atoms with Gasteiger partial charge in [0, 0.05) is 24.4 Å². The molecule has 0 aliphatic carbocycles. The third-order valence-corrected chi connectivity index (χ3v) is 5.41. The number of hydrogen-bond acceptors (Lipinski definition) is 3. The van der Waals surface area contributed by atoms with Crippen LogP contribution in [-0.4, -0.2) is 34.1 Å². The highest BCUT2D eigenvalue weighted by molar-refractivity contribution is 6.16. The van der Waals surface area contributed by atoms with Crippen LogP contribution < -0.4 is 4.90 Å². The van der Waals surface area contributed by atoms with Crippen molar-refractivity contribution in [2.75, 3.05) is 11.9 Å². The first kappa shape index (κ1) is 20.3. The van der Waals surface area contributed by atoms with Crippen molar-refractivity contribution in [3.8, 4) is 11.8 Å². The predicted octanol–water partition coefficient (Wildman–Crippen LogP) is 3.79. The molecule has 8 heteroatoms. The van der Waals surface area contributed by atoms with E-state index in [1.807, 2.05) is 6.07 Å². The Morgan fingerprint density at radius 1 is 1.03 bits per heavy atom. The topological polar surface area (TPSA) is 69.3 Å². The van der Waals surface area contributed by atoms with Gasteiger partial charge in [0.25, 0.3) is 0 Å². The fourth-order valence-electron chi connectivity index (χ4n) is 3.53. The number of halogens is 2. The van der Waals surface area contributed by atoms with Crippen LogP contribution in [0.2, 0.25) is 0 Å². The second-order valence-corrected chi connectivity index (χ2v) is 7.40. The quantitative estimate of drug-likeness (QED) is 0.642. The summed E-state index contributed by atoms with van der Waals surface area (Å²) in [6.07, 6.45) is 1.33. The second kappa shape index (κ2) is 7.69. The molecule has 2 heterocycles. The van der Waals surface area contributed by atoms with E-state index in [4.69, 9.17) is 0 Å². The van der Waals surface area contributed by atoms with E-state index < -0.39 is 34.8 Å². The summed E-state index contributed by atoms with van der Waals surface area (Å²) in [4.78, 5) is 27.6. The van der Waals surface area contributed by atoms with Crippen LogP contribution in [0.25, 0.3) is 0 Å². The molecule has 156 valence electrons. The Bertz CT molecular complexity index is 1190. The molecule has 1 fully saturated rings. The van der Waals surface area contributed by atoms with Crippen molar-refractivity contribution in [2.45, 2.75) is 18.9 Å². The summed E-state index contributed by atoms with van der Waals surface area (Å²) in [7, 11) is 1.47. The fraction of sp³-hybridized carbons (Fsp3) is 0.174. The zero-order valence-electron chi connectivity index (χ0n) is 16.8. The largest absolute Gasteiger partial charge is 0.332 e. The van der Waals surface area contributed by atoms with Crippen LogP contribution in [0.4, 0.5) is 19.3 Å². The Balaban J connectivity index is 1.68. The smallest absolute Gasteiger partial charge is 0.316 e. The van der Waals surface area contributed by atoms with Crippen molar-refractivity contribution in [1.82, 2.24) is 15.1 Å². The van der Waals surface area contributed by atoms with Gasteiger partial charge < -0.3 is 4.90 Å². The van der Waals surface area contributed by atoms with E-state index in [9.17, 15) is 18.4 Å². The summed E-state index contributed by atoms with van der Waals surface area (Å²) in [5, 5.41) is 6.61. The van der Waals surface area contributed by atoms with Crippen molar-refractivity contribution in [1.29, 1.82) is 0 Å². The lowest BCUT2D eigenvalue weighted by molar-refractivity contribution is -0.122. The number of nitrogens with zero attached hydrogens (tertiary/aromatic N) is 3. The summed E-state index contributed by atoms with van der Waals surface area (Å²) in [6, 6.07) is 11.8. The third-order valence-electron chi connectivity index (χ3n) is 5.41. The van der Waals surface area contributed by atoms with Gasteiger partial charge in [0.1, 0.15) is 5.69 Å². The average Bonchev–Trinajstić information content (AvgIpc) is 3.29. The molecule has 3 amide bonds. The van der Waals surface area contributed by atoms with Crippen molar-refractivity contribution < 1.29 is 18.4 Å². The highest BCUT2D eigenvalue weighted by Crippen LogP contribution is 2.38. The second-order valence-electron chi connectivity index (χ2n) is 7.40. The lowest BCUT2D eigenvalue weighted by Gasteiger charge is -2.44. The molecule has 0 spiro atoms. The molecule has 1 saturated heterocycles. The molecule has 0 saturated carbocycles. The van der Waals surface area contributed by atoms with Gasteiger partial charge in [-0.2, -0.15) is 5.10 Å². The normalized spacial score (nSPS) is 18.7. The van der Waals surface area contributed by atoms with E-state index in [0.29, 0.717) is 16.2 Å². The number of nitrogens with one attached hydrogen (secondary N) is 1. The Labute approximate surface area is 177 Å². The van der Waals surface area contributed by atoms with Crippen molar-refractivity contribution >= 4 is 17.6 Å². The molecule has 2 aromatic carbocycles. The lowest BCUT2D eigenvalue weighted by Crippen LogP contribution is -2.60. The van der Waals surface area contributed by atoms with E-state index >= 15 is 0 Å². The number of amides is 3. The monoisotopic (exact) mass is 420 g/mol. The van der Waals surface area contributed by atoms with E-state index in [0.717, 1.165) is 12.1 Å². The Kier molecular flexibility index (Phi) is 5.03. The summed E-state index contributed by atoms with van der Waals surface area (Å²) < 4.78 is 29.7. The molecule has 1 aliphatic heterocycles. The number of aromatic amines is 1. The first-order valence-corrected chi connectivity index (χ1v) is 9.48. The molecule has 0 bridgehead atoms. The summed E-state index contributed by atoms with van der Waals surface area (Å²) in [6.45, 7) is 1.68. The van der Waals surface area contributed by atoms with Crippen LogP contribution in [0.15, 0.2) is 54.7 Å². The Hall–Kier alpha value is -3.99. The first-order chi connectivity index (χ1) is 14.8. The summed E-state index contributed by atoms with van der Waals surface area (Å²) in [5.41, 5.74) is -0.402. The van der Waals surface area contributed by atoms with Crippen LogP contribution in [0.5, 0.6) is 0 Å². The van der Waals surface area contributed by atoms with Gasteiger partial charge in [-0.25, -0.2) is 18.5 Å². The predicted molar refractivity (Wildman–Crippen MR) is 110 cm³/mol. The highest BCUT2D eigenvalue weighted by atomic mass is 19.1. The summed E-state index contributed by atoms with van der Waals surface area (Å²) in [5.74, 6) is 2.70. The maximum absolute atomic E-state index is 14.9. The van der Waals surface area contributed by atoms with Crippen LogP contribution in [-0.2, 0) is 10.3 Å². The Morgan fingerprint density at radius 2 is 1.68 bits per heavy atom. The Morgan fingerprint density at radius 3 is 2.29 bits per heavy atom. The van der Waals surface area contributed by atoms with Crippen LogP contribution in [0.1, 0.15) is 30.2 Å². The number of carbonyl (C=O) groups is 2. The number of rotatable bonds is 2. The van der Waals surface area contributed by atoms with Gasteiger partial charge in [-0.15, -0.1) is 0 Å². The number of imide groups is 1. The number of hydrogen-bond donors (Lipinski definition) is 1. The van der Waals surface area contributed by atoms with Gasteiger partial charge in [-0.05, 0) is 37.3 Å². The molecule has 1 aliphatic rings. The van der Waals surface area contributed by atoms with Gasteiger partial charge >= 0.3 is 6.03 Å². The van der Waals surface area contributed by atoms with Crippen LogP contribution in [0, 0.1) is 23.5 Å². The molecule has 0 radical (unpaired) electrons. The highest BCUT2D eigenvalue weighted by Gasteiger charge is 2.48. The van der Waals surface area contributed by atoms with Gasteiger partial charge in [0.15, 0.2) is 11.6 Å². The maximum Gasteiger partial charge on any atom is 0.332 e. The molecule has 1 atom stereocenters. The lowest BCUT2D eigenvalue weighted by atomic mass is 9.89. The maximum atomic E-state index is 14.9. The summed E-state index contributed by atoms with van der Waals surface area (Å²) >= 11 is 0.